The van der Waals surface area contributed by atoms with Crippen LogP contribution in [0.25, 0.3) is 10.9 Å². The van der Waals surface area contributed by atoms with E-state index in [1.54, 1.807) is 36.8 Å². The van der Waals surface area contributed by atoms with Crippen molar-refractivity contribution in [1.82, 2.24) is 15.2 Å². The van der Waals surface area contributed by atoms with Crippen LogP contribution >= 0.6 is 0 Å². The fourth-order valence-corrected chi connectivity index (χ4v) is 2.03. The number of non-ortho nitro benzene ring substituents is 1. The molecule has 20 heavy (non-hydrogen) atoms. The van der Waals surface area contributed by atoms with Gasteiger partial charge in [0, 0.05) is 30.6 Å². The summed E-state index contributed by atoms with van der Waals surface area (Å²) in [7, 11) is 0. The van der Waals surface area contributed by atoms with Crippen molar-refractivity contribution in [2.45, 2.75) is 6.54 Å². The highest BCUT2D eigenvalue weighted by Gasteiger charge is 2.14. The number of hydrogen-bond donors (Lipinski definition) is 2. The molecular weight excluding hydrogens is 258 g/mol. The molecule has 2 aromatic heterocycles. The van der Waals surface area contributed by atoms with Gasteiger partial charge in [-0.1, -0.05) is 0 Å². The summed E-state index contributed by atoms with van der Waals surface area (Å²) in [4.78, 5) is 14.9. The molecule has 0 bridgehead atoms. The molecule has 0 unspecified atom stereocenters. The number of aromatic nitrogens is 3. The van der Waals surface area contributed by atoms with Crippen molar-refractivity contribution in [3.05, 3.63) is 58.5 Å². The summed E-state index contributed by atoms with van der Waals surface area (Å²) < 4.78 is 0. The molecule has 0 aliphatic carbocycles. The fourth-order valence-electron chi connectivity index (χ4n) is 2.03. The third kappa shape index (κ3) is 2.16. The van der Waals surface area contributed by atoms with Gasteiger partial charge in [0.15, 0.2) is 0 Å². The fraction of sp³-hybridized carbons (Fsp3) is 0.0769. The number of H-pyrrole nitrogens is 1. The highest BCUT2D eigenvalue weighted by molar-refractivity contribution is 5.96. The first-order chi connectivity index (χ1) is 9.75. The Kier molecular flexibility index (Phi) is 3.00. The van der Waals surface area contributed by atoms with Crippen LogP contribution in [-0.2, 0) is 6.54 Å². The van der Waals surface area contributed by atoms with Crippen molar-refractivity contribution in [3.8, 4) is 0 Å². The zero-order chi connectivity index (χ0) is 13.9. The smallest absolute Gasteiger partial charge is 0.278 e. The zero-order valence-electron chi connectivity index (χ0n) is 10.4. The lowest BCUT2D eigenvalue weighted by Crippen LogP contribution is -2.01. The van der Waals surface area contributed by atoms with E-state index in [-0.39, 0.29) is 5.69 Å². The van der Waals surface area contributed by atoms with E-state index in [1.807, 2.05) is 0 Å². The van der Waals surface area contributed by atoms with Crippen LogP contribution in [0, 0.1) is 10.1 Å². The Bertz CT molecular complexity index is 755. The van der Waals surface area contributed by atoms with Gasteiger partial charge in [-0.25, -0.2) is 0 Å². The van der Waals surface area contributed by atoms with E-state index in [1.165, 1.54) is 6.07 Å². The molecule has 100 valence electrons. The molecule has 0 saturated carbocycles. The van der Waals surface area contributed by atoms with Gasteiger partial charge in [-0.2, -0.15) is 5.10 Å². The van der Waals surface area contributed by atoms with Crippen LogP contribution in [0.15, 0.2) is 42.9 Å². The Labute approximate surface area is 113 Å². The largest absolute Gasteiger partial charge is 0.379 e. The van der Waals surface area contributed by atoms with Gasteiger partial charge in [0.2, 0.25) is 0 Å². The summed E-state index contributed by atoms with van der Waals surface area (Å²) in [5.74, 6) is 0. The van der Waals surface area contributed by atoms with Crippen molar-refractivity contribution in [1.29, 1.82) is 0 Å². The lowest BCUT2D eigenvalue weighted by atomic mass is 10.1. The van der Waals surface area contributed by atoms with E-state index < -0.39 is 4.92 Å². The normalized spacial score (nSPS) is 10.6. The maximum atomic E-state index is 11.0. The predicted octanol–water partition coefficient (Wildman–Crippen LogP) is 2.48. The molecule has 0 atom stereocenters. The van der Waals surface area contributed by atoms with Crippen molar-refractivity contribution in [3.63, 3.8) is 0 Å². The molecule has 0 radical (unpaired) electrons. The number of aromatic amines is 1. The number of nitro benzene ring substituents is 1. The number of anilines is 1. The number of fused-ring (bicyclic) bond motifs is 1. The van der Waals surface area contributed by atoms with E-state index >= 15 is 0 Å². The molecule has 0 fully saturated rings. The van der Waals surface area contributed by atoms with Crippen molar-refractivity contribution in [2.24, 2.45) is 0 Å². The SMILES string of the molecule is O=[N+]([O-])c1ccc(NCc2cn[nH]c2)c2ncccc12. The minimum absolute atomic E-state index is 0.0574. The first-order valence-electron chi connectivity index (χ1n) is 5.99. The summed E-state index contributed by atoms with van der Waals surface area (Å²) in [5, 5.41) is 21.3. The number of pyridine rings is 1. The summed E-state index contributed by atoms with van der Waals surface area (Å²) in [5.41, 5.74) is 2.40. The minimum atomic E-state index is -0.399. The molecule has 3 rings (SSSR count). The summed E-state index contributed by atoms with van der Waals surface area (Å²) in [6.45, 7) is 0.569. The van der Waals surface area contributed by atoms with Crippen LogP contribution in [0.3, 0.4) is 0 Å². The van der Waals surface area contributed by atoms with Crippen LogP contribution in [0.5, 0.6) is 0 Å². The molecule has 0 aliphatic rings. The maximum Gasteiger partial charge on any atom is 0.278 e. The zero-order valence-corrected chi connectivity index (χ0v) is 10.4. The minimum Gasteiger partial charge on any atom is -0.379 e. The second-order valence-electron chi connectivity index (χ2n) is 4.25. The van der Waals surface area contributed by atoms with Crippen molar-refractivity contribution >= 4 is 22.3 Å². The summed E-state index contributed by atoms with van der Waals surface area (Å²) in [6, 6.07) is 6.55. The van der Waals surface area contributed by atoms with Gasteiger partial charge < -0.3 is 5.32 Å². The molecular formula is C13H11N5O2. The highest BCUT2D eigenvalue weighted by Crippen LogP contribution is 2.29. The van der Waals surface area contributed by atoms with E-state index in [4.69, 9.17) is 0 Å². The number of nitrogens with zero attached hydrogens (tertiary/aromatic N) is 3. The van der Waals surface area contributed by atoms with E-state index in [2.05, 4.69) is 20.5 Å². The molecule has 7 heteroatoms. The average Bonchev–Trinajstić information content (AvgIpc) is 2.97. The van der Waals surface area contributed by atoms with Gasteiger partial charge >= 0.3 is 0 Å². The van der Waals surface area contributed by atoms with E-state index in [9.17, 15) is 10.1 Å². The maximum absolute atomic E-state index is 11.0. The molecule has 2 heterocycles. The lowest BCUT2D eigenvalue weighted by Gasteiger charge is -2.08. The van der Waals surface area contributed by atoms with Gasteiger partial charge in [-0.15, -0.1) is 0 Å². The third-order valence-corrected chi connectivity index (χ3v) is 2.98. The monoisotopic (exact) mass is 269 g/mol. The Morgan fingerprint density at radius 3 is 3.00 bits per heavy atom. The standard InChI is InChI=1S/C13H11N5O2/c19-18(20)12-4-3-11(13-10(12)2-1-5-14-13)15-6-9-7-16-17-8-9/h1-5,7-8,15H,6H2,(H,16,17). The van der Waals surface area contributed by atoms with Gasteiger partial charge in [-0.3, -0.25) is 20.2 Å². The molecule has 0 spiro atoms. The summed E-state index contributed by atoms with van der Waals surface area (Å²) in [6.07, 6.45) is 5.12. The quantitative estimate of drug-likeness (QED) is 0.560. The van der Waals surface area contributed by atoms with Crippen LogP contribution in [-0.4, -0.2) is 20.1 Å². The predicted molar refractivity (Wildman–Crippen MR) is 74.3 cm³/mol. The van der Waals surface area contributed by atoms with Crippen LogP contribution in [0.1, 0.15) is 5.56 Å². The second kappa shape index (κ2) is 4.96. The Morgan fingerprint density at radius 1 is 1.35 bits per heavy atom. The number of nitrogens with one attached hydrogen (secondary N) is 2. The molecule has 3 aromatic rings. The Hall–Kier alpha value is -2.96. The third-order valence-electron chi connectivity index (χ3n) is 2.98. The second-order valence-corrected chi connectivity index (χ2v) is 4.25. The topological polar surface area (TPSA) is 96.7 Å². The van der Waals surface area contributed by atoms with Crippen molar-refractivity contribution in [2.75, 3.05) is 5.32 Å². The molecule has 0 saturated heterocycles. The summed E-state index contributed by atoms with van der Waals surface area (Å²) >= 11 is 0. The van der Waals surface area contributed by atoms with E-state index in [0.29, 0.717) is 17.4 Å². The lowest BCUT2D eigenvalue weighted by molar-refractivity contribution is -0.383. The Morgan fingerprint density at radius 2 is 2.25 bits per heavy atom. The first kappa shape index (κ1) is 12.1. The first-order valence-corrected chi connectivity index (χ1v) is 5.99. The number of rotatable bonds is 4. The molecule has 1 aromatic carbocycles. The molecule has 7 nitrogen and oxygen atoms in total. The Balaban J connectivity index is 1.99. The van der Waals surface area contributed by atoms with Crippen LogP contribution in [0.2, 0.25) is 0 Å². The van der Waals surface area contributed by atoms with Crippen LogP contribution in [0.4, 0.5) is 11.4 Å². The van der Waals surface area contributed by atoms with Gasteiger partial charge in [-0.05, 0) is 18.2 Å². The average molecular weight is 269 g/mol. The van der Waals surface area contributed by atoms with Crippen molar-refractivity contribution < 1.29 is 4.92 Å². The van der Waals surface area contributed by atoms with Gasteiger partial charge in [0.25, 0.3) is 5.69 Å². The van der Waals surface area contributed by atoms with Gasteiger partial charge in [0.1, 0.15) is 5.52 Å². The van der Waals surface area contributed by atoms with Gasteiger partial charge in [0.05, 0.1) is 22.2 Å². The molecule has 2 N–H and O–H groups in total. The highest BCUT2D eigenvalue weighted by atomic mass is 16.6. The molecule has 0 amide bonds. The number of benzene rings is 1. The molecule has 0 aliphatic heterocycles. The number of hydrogen-bond acceptors (Lipinski definition) is 5. The van der Waals surface area contributed by atoms with E-state index in [0.717, 1.165) is 11.3 Å². The van der Waals surface area contributed by atoms with Crippen LogP contribution < -0.4 is 5.32 Å². The number of nitro groups is 1.